The molecule has 0 saturated carbocycles. The van der Waals surface area contributed by atoms with Gasteiger partial charge in [-0.3, -0.25) is 0 Å². The maximum Gasteiger partial charge on any atom is 0.134 e. The fraction of sp³-hybridized carbons (Fsp3) is 0.375. The van der Waals surface area contributed by atoms with Gasteiger partial charge in [0.15, 0.2) is 0 Å². The molecule has 11 heavy (non-hydrogen) atoms. The van der Waals surface area contributed by atoms with Crippen LogP contribution in [0, 0.1) is 0 Å². The Morgan fingerprint density at radius 1 is 1.55 bits per heavy atom. The standard InChI is InChI=1S/C8H11ClN2/c1-5(2)7-6(10)3-4-11-8(7)9/h3-5H,1-2H3,(H2,10,11). The Labute approximate surface area is 71.4 Å². The molecule has 0 spiro atoms. The highest BCUT2D eigenvalue weighted by atomic mass is 35.5. The van der Waals surface area contributed by atoms with Crippen molar-refractivity contribution in [2.24, 2.45) is 0 Å². The Hall–Kier alpha value is -0.760. The van der Waals surface area contributed by atoms with Gasteiger partial charge in [-0.15, -0.1) is 0 Å². The highest BCUT2D eigenvalue weighted by Gasteiger charge is 2.08. The first kappa shape index (κ1) is 8.34. The summed E-state index contributed by atoms with van der Waals surface area (Å²) in [6, 6.07) is 1.77. The van der Waals surface area contributed by atoms with Crippen molar-refractivity contribution in [3.05, 3.63) is 23.0 Å². The van der Waals surface area contributed by atoms with Crippen LogP contribution in [0.1, 0.15) is 25.3 Å². The number of pyridine rings is 1. The zero-order valence-corrected chi connectivity index (χ0v) is 7.39. The summed E-state index contributed by atoms with van der Waals surface area (Å²) in [4.78, 5) is 3.95. The molecule has 0 aliphatic carbocycles. The number of nitrogens with zero attached hydrogens (tertiary/aromatic N) is 1. The molecule has 0 aliphatic rings. The van der Waals surface area contributed by atoms with Crippen LogP contribution >= 0.6 is 11.6 Å². The van der Waals surface area contributed by atoms with Crippen LogP contribution in [0.2, 0.25) is 5.15 Å². The molecule has 0 bridgehead atoms. The summed E-state index contributed by atoms with van der Waals surface area (Å²) < 4.78 is 0. The third-order valence-electron chi connectivity index (χ3n) is 1.55. The molecule has 0 amide bonds. The van der Waals surface area contributed by atoms with Crippen LogP contribution in [0.3, 0.4) is 0 Å². The molecule has 2 nitrogen and oxygen atoms in total. The Balaban J connectivity index is 3.21. The highest BCUT2D eigenvalue weighted by Crippen LogP contribution is 2.26. The monoisotopic (exact) mass is 170 g/mol. The van der Waals surface area contributed by atoms with Gasteiger partial charge in [-0.25, -0.2) is 4.98 Å². The lowest BCUT2D eigenvalue weighted by Gasteiger charge is -2.09. The highest BCUT2D eigenvalue weighted by molar-refractivity contribution is 6.30. The largest absolute Gasteiger partial charge is 0.398 e. The van der Waals surface area contributed by atoms with Gasteiger partial charge in [-0.05, 0) is 12.0 Å². The van der Waals surface area contributed by atoms with Gasteiger partial charge in [0.25, 0.3) is 0 Å². The minimum Gasteiger partial charge on any atom is -0.398 e. The molecule has 0 radical (unpaired) electrons. The van der Waals surface area contributed by atoms with Gasteiger partial charge < -0.3 is 5.73 Å². The number of nitrogen functional groups attached to an aromatic ring is 1. The van der Waals surface area contributed by atoms with Crippen molar-refractivity contribution in [2.75, 3.05) is 5.73 Å². The molecule has 0 aromatic carbocycles. The summed E-state index contributed by atoms with van der Waals surface area (Å²) in [5, 5.41) is 0.514. The molecular weight excluding hydrogens is 160 g/mol. The minimum atomic E-state index is 0.330. The van der Waals surface area contributed by atoms with E-state index in [9.17, 15) is 0 Å². The first-order valence-corrected chi connectivity index (χ1v) is 3.90. The first-order chi connectivity index (χ1) is 5.13. The normalized spacial score (nSPS) is 10.5. The van der Waals surface area contributed by atoms with E-state index in [1.54, 1.807) is 12.3 Å². The Bertz CT molecular complexity index is 238. The Morgan fingerprint density at radius 3 is 2.55 bits per heavy atom. The van der Waals surface area contributed by atoms with Gasteiger partial charge in [-0.1, -0.05) is 25.4 Å². The van der Waals surface area contributed by atoms with Crippen molar-refractivity contribution >= 4 is 17.3 Å². The van der Waals surface area contributed by atoms with Crippen molar-refractivity contribution in [3.63, 3.8) is 0 Å². The van der Waals surface area contributed by atoms with Crippen molar-refractivity contribution in [2.45, 2.75) is 19.8 Å². The number of anilines is 1. The fourth-order valence-corrected chi connectivity index (χ4v) is 1.42. The van der Waals surface area contributed by atoms with Crippen molar-refractivity contribution in [3.8, 4) is 0 Å². The summed E-state index contributed by atoms with van der Waals surface area (Å²) >= 11 is 5.83. The molecule has 0 fully saturated rings. The van der Waals surface area contributed by atoms with E-state index in [4.69, 9.17) is 17.3 Å². The summed E-state index contributed by atoms with van der Waals surface area (Å²) in [5.74, 6) is 0.330. The Kier molecular flexibility index (Phi) is 2.35. The van der Waals surface area contributed by atoms with Crippen LogP contribution in [0.4, 0.5) is 5.69 Å². The number of halogens is 1. The van der Waals surface area contributed by atoms with Gasteiger partial charge in [0.1, 0.15) is 5.15 Å². The fourth-order valence-electron chi connectivity index (χ4n) is 1.03. The summed E-state index contributed by atoms with van der Waals surface area (Å²) in [5.41, 5.74) is 7.36. The molecule has 0 saturated heterocycles. The van der Waals surface area contributed by atoms with Gasteiger partial charge in [0.05, 0.1) is 0 Å². The number of rotatable bonds is 1. The van der Waals surface area contributed by atoms with E-state index in [0.29, 0.717) is 11.1 Å². The van der Waals surface area contributed by atoms with Crippen LogP contribution in [0.25, 0.3) is 0 Å². The predicted octanol–water partition coefficient (Wildman–Crippen LogP) is 2.44. The summed E-state index contributed by atoms with van der Waals surface area (Å²) in [6.07, 6.45) is 1.61. The molecule has 1 aromatic heterocycles. The lowest BCUT2D eigenvalue weighted by molar-refractivity contribution is 0.862. The first-order valence-electron chi connectivity index (χ1n) is 3.52. The van der Waals surface area contributed by atoms with Gasteiger partial charge in [0.2, 0.25) is 0 Å². The molecule has 0 unspecified atom stereocenters. The third-order valence-corrected chi connectivity index (χ3v) is 1.85. The lowest BCUT2D eigenvalue weighted by atomic mass is 10.0. The van der Waals surface area contributed by atoms with Crippen molar-refractivity contribution in [1.82, 2.24) is 4.98 Å². The van der Waals surface area contributed by atoms with E-state index >= 15 is 0 Å². The zero-order valence-electron chi connectivity index (χ0n) is 6.63. The molecule has 0 atom stereocenters. The van der Waals surface area contributed by atoms with E-state index in [1.165, 1.54) is 0 Å². The van der Waals surface area contributed by atoms with Crippen molar-refractivity contribution in [1.29, 1.82) is 0 Å². The molecule has 2 N–H and O–H groups in total. The average molecular weight is 171 g/mol. The van der Waals surface area contributed by atoms with E-state index in [1.807, 2.05) is 13.8 Å². The number of nitrogens with two attached hydrogens (primary N) is 1. The quantitative estimate of drug-likeness (QED) is 0.658. The van der Waals surface area contributed by atoms with Crippen LogP contribution < -0.4 is 5.73 Å². The Morgan fingerprint density at radius 2 is 2.18 bits per heavy atom. The van der Waals surface area contributed by atoms with E-state index in [0.717, 1.165) is 11.3 Å². The van der Waals surface area contributed by atoms with E-state index in [-0.39, 0.29) is 0 Å². The predicted molar refractivity (Wildman–Crippen MR) is 47.7 cm³/mol. The van der Waals surface area contributed by atoms with Crippen LogP contribution in [0.5, 0.6) is 0 Å². The minimum absolute atomic E-state index is 0.330. The topological polar surface area (TPSA) is 38.9 Å². The third kappa shape index (κ3) is 1.63. The molecule has 60 valence electrons. The summed E-state index contributed by atoms with van der Waals surface area (Å²) in [6.45, 7) is 4.08. The molecule has 1 aromatic rings. The maximum absolute atomic E-state index is 5.83. The van der Waals surface area contributed by atoms with E-state index < -0.39 is 0 Å². The second-order valence-corrected chi connectivity index (χ2v) is 3.12. The molecule has 0 aliphatic heterocycles. The summed E-state index contributed by atoms with van der Waals surface area (Å²) in [7, 11) is 0. The number of hydrogen-bond donors (Lipinski definition) is 1. The maximum atomic E-state index is 5.83. The van der Waals surface area contributed by atoms with Gasteiger partial charge in [-0.2, -0.15) is 0 Å². The van der Waals surface area contributed by atoms with Gasteiger partial charge >= 0.3 is 0 Å². The average Bonchev–Trinajstić information content (AvgIpc) is 1.85. The lowest BCUT2D eigenvalue weighted by Crippen LogP contribution is -1.98. The van der Waals surface area contributed by atoms with Crippen molar-refractivity contribution < 1.29 is 0 Å². The second-order valence-electron chi connectivity index (χ2n) is 2.76. The van der Waals surface area contributed by atoms with Crippen LogP contribution in [-0.2, 0) is 0 Å². The molecule has 3 heteroatoms. The SMILES string of the molecule is CC(C)c1c(N)ccnc1Cl. The smallest absolute Gasteiger partial charge is 0.134 e. The number of hydrogen-bond acceptors (Lipinski definition) is 2. The van der Waals surface area contributed by atoms with Crippen LogP contribution in [-0.4, -0.2) is 4.98 Å². The zero-order chi connectivity index (χ0) is 8.43. The molecule has 1 heterocycles. The van der Waals surface area contributed by atoms with Gasteiger partial charge in [0, 0.05) is 17.4 Å². The molecule has 1 rings (SSSR count). The van der Waals surface area contributed by atoms with Crippen LogP contribution in [0.15, 0.2) is 12.3 Å². The van der Waals surface area contributed by atoms with E-state index in [2.05, 4.69) is 4.98 Å². The second kappa shape index (κ2) is 3.09. The molecular formula is C8H11ClN2. The number of aromatic nitrogens is 1.